The van der Waals surface area contributed by atoms with Gasteiger partial charge in [-0.1, -0.05) is 12.1 Å². The van der Waals surface area contributed by atoms with Crippen LogP contribution >= 0.6 is 11.3 Å². The van der Waals surface area contributed by atoms with E-state index in [0.717, 1.165) is 22.9 Å². The summed E-state index contributed by atoms with van der Waals surface area (Å²) in [6.07, 6.45) is 2.22. The van der Waals surface area contributed by atoms with E-state index in [-0.39, 0.29) is 11.8 Å². The predicted molar refractivity (Wildman–Crippen MR) is 89.8 cm³/mol. The van der Waals surface area contributed by atoms with Crippen LogP contribution in [0.25, 0.3) is 10.1 Å². The fourth-order valence-electron chi connectivity index (χ4n) is 3.73. The van der Waals surface area contributed by atoms with Crippen LogP contribution in [0.15, 0.2) is 23.6 Å². The lowest BCUT2D eigenvalue weighted by atomic mass is 9.92. The number of rotatable bonds is 3. The molecule has 1 amide bonds. The molecule has 0 radical (unpaired) electrons. The van der Waals surface area contributed by atoms with Gasteiger partial charge in [-0.2, -0.15) is 0 Å². The molecule has 4 nitrogen and oxygen atoms in total. The number of carboxylic acid groups (broad SMARTS) is 1. The lowest BCUT2D eigenvalue weighted by molar-refractivity contribution is -0.142. The molecule has 120 valence electrons. The summed E-state index contributed by atoms with van der Waals surface area (Å²) in [7, 11) is 0. The van der Waals surface area contributed by atoms with E-state index in [4.69, 9.17) is 0 Å². The quantitative estimate of drug-likeness (QED) is 0.939. The minimum atomic E-state index is -0.761. The maximum Gasteiger partial charge on any atom is 0.308 e. The van der Waals surface area contributed by atoms with Crippen molar-refractivity contribution in [1.29, 1.82) is 0 Å². The zero-order valence-electron chi connectivity index (χ0n) is 13.0. The molecule has 1 saturated carbocycles. The second-order valence-electron chi connectivity index (χ2n) is 6.81. The number of aryl methyl sites for hydroxylation is 1. The van der Waals surface area contributed by atoms with Crippen molar-refractivity contribution in [2.75, 3.05) is 13.1 Å². The number of carbonyl (C=O) groups excluding carboxylic acids is 1. The van der Waals surface area contributed by atoms with E-state index in [1.54, 1.807) is 16.2 Å². The van der Waals surface area contributed by atoms with E-state index in [0.29, 0.717) is 24.6 Å². The fourth-order valence-corrected chi connectivity index (χ4v) is 4.76. The summed E-state index contributed by atoms with van der Waals surface area (Å²) in [6, 6.07) is 6.11. The molecule has 1 aromatic heterocycles. The number of amides is 1. The molecular formula is C18H19NO3S. The first-order chi connectivity index (χ1) is 11.0. The van der Waals surface area contributed by atoms with Crippen LogP contribution in [-0.4, -0.2) is 35.0 Å². The van der Waals surface area contributed by atoms with Crippen molar-refractivity contribution in [1.82, 2.24) is 4.90 Å². The largest absolute Gasteiger partial charge is 0.481 e. The van der Waals surface area contributed by atoms with E-state index >= 15 is 0 Å². The number of nitrogens with zero attached hydrogens (tertiary/aromatic N) is 1. The van der Waals surface area contributed by atoms with Gasteiger partial charge in [-0.3, -0.25) is 9.59 Å². The van der Waals surface area contributed by atoms with Gasteiger partial charge in [0.05, 0.1) is 11.5 Å². The van der Waals surface area contributed by atoms with E-state index in [2.05, 4.69) is 6.07 Å². The number of carbonyl (C=O) groups is 2. The Morgan fingerprint density at radius 1 is 1.26 bits per heavy atom. The van der Waals surface area contributed by atoms with Gasteiger partial charge in [-0.15, -0.1) is 11.3 Å². The minimum absolute atomic E-state index is 0.0190. The molecule has 1 aromatic carbocycles. The molecule has 0 bridgehead atoms. The van der Waals surface area contributed by atoms with E-state index in [9.17, 15) is 14.7 Å². The summed E-state index contributed by atoms with van der Waals surface area (Å²) in [5.41, 5.74) is 1.89. The average molecular weight is 329 g/mol. The number of thiophene rings is 1. The third kappa shape index (κ3) is 2.53. The number of hydrogen-bond acceptors (Lipinski definition) is 3. The first kappa shape index (κ1) is 14.7. The third-order valence-electron chi connectivity index (χ3n) is 5.16. The van der Waals surface area contributed by atoms with Gasteiger partial charge in [0.25, 0.3) is 5.91 Å². The lowest BCUT2D eigenvalue weighted by Gasteiger charge is -2.16. The van der Waals surface area contributed by atoms with E-state index in [1.807, 2.05) is 24.4 Å². The molecule has 1 aliphatic carbocycles. The highest BCUT2D eigenvalue weighted by Crippen LogP contribution is 2.44. The maximum atomic E-state index is 12.9. The summed E-state index contributed by atoms with van der Waals surface area (Å²) >= 11 is 1.58. The fraction of sp³-hybridized carbons (Fsp3) is 0.444. The molecule has 23 heavy (non-hydrogen) atoms. The molecule has 2 aliphatic rings. The first-order valence-corrected chi connectivity index (χ1v) is 8.92. The smallest absolute Gasteiger partial charge is 0.308 e. The van der Waals surface area contributed by atoms with Crippen molar-refractivity contribution >= 4 is 33.3 Å². The molecule has 2 atom stereocenters. The molecule has 2 aromatic rings. The van der Waals surface area contributed by atoms with Crippen LogP contribution in [0.3, 0.4) is 0 Å². The summed E-state index contributed by atoms with van der Waals surface area (Å²) in [4.78, 5) is 26.2. The Morgan fingerprint density at radius 3 is 2.74 bits per heavy atom. The molecule has 1 saturated heterocycles. The van der Waals surface area contributed by atoms with Gasteiger partial charge in [0.2, 0.25) is 0 Å². The van der Waals surface area contributed by atoms with Gasteiger partial charge < -0.3 is 10.0 Å². The minimum Gasteiger partial charge on any atom is -0.481 e. The van der Waals surface area contributed by atoms with Gasteiger partial charge in [0.1, 0.15) is 0 Å². The van der Waals surface area contributed by atoms with Crippen LogP contribution in [0.1, 0.15) is 28.8 Å². The Bertz CT molecular complexity index is 793. The SMILES string of the molecule is Cc1ccc2c(C(=O)N3C[C@H](C(=O)O)[C@@H](C4CC4)C3)csc2c1. The Kier molecular flexibility index (Phi) is 3.41. The zero-order chi connectivity index (χ0) is 16.1. The molecular weight excluding hydrogens is 310 g/mol. The highest BCUT2D eigenvalue weighted by Gasteiger charge is 2.47. The summed E-state index contributed by atoms with van der Waals surface area (Å²) in [6.45, 7) is 2.97. The Balaban J connectivity index is 1.62. The standard InChI is InChI=1S/C18H19NO3S/c1-10-2-5-12-15(9-23-16(12)6-10)17(20)19-7-13(11-3-4-11)14(8-19)18(21)22/h2,5-6,9,11,13-14H,3-4,7-8H2,1H3,(H,21,22)/t13-,14+/m1/s1. The van der Waals surface area contributed by atoms with Crippen LogP contribution in [-0.2, 0) is 4.79 Å². The summed E-state index contributed by atoms with van der Waals surface area (Å²) < 4.78 is 1.11. The topological polar surface area (TPSA) is 57.6 Å². The molecule has 5 heteroatoms. The normalized spacial score (nSPS) is 24.3. The average Bonchev–Trinajstić information content (AvgIpc) is 3.12. The number of hydrogen-bond donors (Lipinski definition) is 1. The molecule has 0 spiro atoms. The van der Waals surface area contributed by atoms with Gasteiger partial charge in [0, 0.05) is 28.6 Å². The number of aliphatic carboxylic acids is 1. The molecule has 4 rings (SSSR count). The van der Waals surface area contributed by atoms with Crippen molar-refractivity contribution in [3.63, 3.8) is 0 Å². The third-order valence-corrected chi connectivity index (χ3v) is 6.10. The number of carboxylic acids is 1. The monoisotopic (exact) mass is 329 g/mol. The van der Waals surface area contributed by atoms with Gasteiger partial charge in [-0.25, -0.2) is 0 Å². The second kappa shape index (κ2) is 5.34. The Labute approximate surface area is 138 Å². The van der Waals surface area contributed by atoms with Crippen LogP contribution in [0.4, 0.5) is 0 Å². The van der Waals surface area contributed by atoms with Crippen molar-refractivity contribution < 1.29 is 14.7 Å². The van der Waals surface area contributed by atoms with Gasteiger partial charge in [0.15, 0.2) is 0 Å². The zero-order valence-corrected chi connectivity index (χ0v) is 13.8. The van der Waals surface area contributed by atoms with Crippen molar-refractivity contribution in [2.45, 2.75) is 19.8 Å². The van der Waals surface area contributed by atoms with Crippen molar-refractivity contribution in [2.24, 2.45) is 17.8 Å². The predicted octanol–water partition coefficient (Wildman–Crippen LogP) is 3.39. The Morgan fingerprint density at radius 2 is 2.04 bits per heavy atom. The lowest BCUT2D eigenvalue weighted by Crippen LogP contribution is -2.29. The van der Waals surface area contributed by atoms with Crippen LogP contribution in [0, 0.1) is 24.7 Å². The van der Waals surface area contributed by atoms with Gasteiger partial charge >= 0.3 is 5.97 Å². The first-order valence-electron chi connectivity index (χ1n) is 8.04. The number of benzene rings is 1. The highest BCUT2D eigenvalue weighted by molar-refractivity contribution is 7.17. The molecule has 0 unspecified atom stereocenters. The second-order valence-corrected chi connectivity index (χ2v) is 7.72. The van der Waals surface area contributed by atoms with Crippen molar-refractivity contribution in [3.05, 3.63) is 34.7 Å². The molecule has 2 fully saturated rings. The molecule has 2 heterocycles. The van der Waals surface area contributed by atoms with Crippen LogP contribution < -0.4 is 0 Å². The van der Waals surface area contributed by atoms with E-state index in [1.165, 1.54) is 5.56 Å². The maximum absolute atomic E-state index is 12.9. The molecule has 1 N–H and O–H groups in total. The molecule has 1 aliphatic heterocycles. The van der Waals surface area contributed by atoms with E-state index < -0.39 is 11.9 Å². The van der Waals surface area contributed by atoms with Crippen molar-refractivity contribution in [3.8, 4) is 0 Å². The van der Waals surface area contributed by atoms with Crippen LogP contribution in [0.5, 0.6) is 0 Å². The highest BCUT2D eigenvalue weighted by atomic mass is 32.1. The number of likely N-dealkylation sites (tertiary alicyclic amines) is 1. The summed E-state index contributed by atoms with van der Waals surface area (Å²) in [5, 5.41) is 12.3. The summed E-state index contributed by atoms with van der Waals surface area (Å²) in [5.74, 6) is -0.560. The Hall–Kier alpha value is -1.88. The number of fused-ring (bicyclic) bond motifs is 1. The van der Waals surface area contributed by atoms with Crippen LogP contribution in [0.2, 0.25) is 0 Å². The van der Waals surface area contributed by atoms with Gasteiger partial charge in [-0.05, 0) is 43.2 Å².